The smallest absolute Gasteiger partial charge is 0.326 e. The van der Waals surface area contributed by atoms with E-state index < -0.39 is 12.0 Å². The van der Waals surface area contributed by atoms with Gasteiger partial charge in [0.15, 0.2) is 0 Å². The van der Waals surface area contributed by atoms with E-state index in [4.69, 9.17) is 5.11 Å². The second-order valence-corrected chi connectivity index (χ2v) is 5.59. The summed E-state index contributed by atoms with van der Waals surface area (Å²) >= 11 is 1.45. The number of piperidine rings is 1. The van der Waals surface area contributed by atoms with Gasteiger partial charge in [-0.05, 0) is 31.4 Å². The van der Waals surface area contributed by atoms with Crippen LogP contribution in [0.3, 0.4) is 0 Å². The number of likely N-dealkylation sites (tertiary alicyclic amines) is 1. The largest absolute Gasteiger partial charge is 0.480 e. The standard InChI is InChI=1S/C14H17NO3S/c16-13(10-19-11-6-2-1-3-7-11)15-9-5-4-8-12(15)14(17)18/h1-3,6-7,12H,4-5,8-10H2,(H,17,18)/t12-/m1/s1. The lowest BCUT2D eigenvalue weighted by Crippen LogP contribution is -2.48. The Labute approximate surface area is 116 Å². The SMILES string of the molecule is O=C(O)[C@H]1CCCCN1C(=O)CSc1ccccc1. The number of hydrogen-bond donors (Lipinski definition) is 1. The van der Waals surface area contributed by atoms with Crippen LogP contribution in [0, 0.1) is 0 Å². The molecule has 1 aromatic rings. The normalized spacial score (nSPS) is 19.2. The van der Waals surface area contributed by atoms with E-state index in [2.05, 4.69) is 0 Å². The van der Waals surface area contributed by atoms with Gasteiger partial charge in [0, 0.05) is 11.4 Å². The minimum absolute atomic E-state index is 0.0825. The number of amides is 1. The molecule has 1 amide bonds. The summed E-state index contributed by atoms with van der Waals surface area (Å²) in [5, 5.41) is 9.14. The molecule has 1 saturated heterocycles. The first-order chi connectivity index (χ1) is 9.18. The third-order valence-corrected chi connectivity index (χ3v) is 4.21. The van der Waals surface area contributed by atoms with Crippen LogP contribution in [0.25, 0.3) is 0 Å². The number of carbonyl (C=O) groups is 2. The Morgan fingerprint density at radius 1 is 1.26 bits per heavy atom. The number of carboxylic acids is 1. The first-order valence-electron chi connectivity index (χ1n) is 6.38. The highest BCUT2D eigenvalue weighted by atomic mass is 32.2. The zero-order chi connectivity index (χ0) is 13.7. The van der Waals surface area contributed by atoms with Crippen LogP contribution in [0.5, 0.6) is 0 Å². The molecule has 0 unspecified atom stereocenters. The van der Waals surface area contributed by atoms with E-state index in [0.717, 1.165) is 17.7 Å². The van der Waals surface area contributed by atoms with Crippen molar-refractivity contribution in [2.24, 2.45) is 0 Å². The molecule has 1 aromatic carbocycles. The van der Waals surface area contributed by atoms with Gasteiger partial charge in [0.1, 0.15) is 6.04 Å². The third-order valence-electron chi connectivity index (χ3n) is 3.21. The van der Waals surface area contributed by atoms with Crippen LogP contribution >= 0.6 is 11.8 Å². The lowest BCUT2D eigenvalue weighted by Gasteiger charge is -2.32. The number of benzene rings is 1. The number of thioether (sulfide) groups is 1. The predicted octanol–water partition coefficient (Wildman–Crippen LogP) is 2.24. The Kier molecular flexibility index (Phi) is 4.85. The van der Waals surface area contributed by atoms with Crippen LogP contribution in [-0.2, 0) is 9.59 Å². The van der Waals surface area contributed by atoms with Crippen LogP contribution in [0.1, 0.15) is 19.3 Å². The van der Waals surface area contributed by atoms with Gasteiger partial charge in [0.2, 0.25) is 5.91 Å². The fourth-order valence-electron chi connectivity index (χ4n) is 2.23. The molecule has 1 fully saturated rings. The second-order valence-electron chi connectivity index (χ2n) is 4.54. The summed E-state index contributed by atoms with van der Waals surface area (Å²) in [6.45, 7) is 0.561. The van der Waals surface area contributed by atoms with Crippen LogP contribution in [0.2, 0.25) is 0 Å². The molecule has 0 saturated carbocycles. The average molecular weight is 279 g/mol. The molecule has 0 radical (unpaired) electrons. The average Bonchev–Trinajstić information content (AvgIpc) is 2.46. The molecule has 1 N–H and O–H groups in total. The van der Waals surface area contributed by atoms with Gasteiger partial charge < -0.3 is 10.0 Å². The Morgan fingerprint density at radius 2 is 2.00 bits per heavy atom. The van der Waals surface area contributed by atoms with E-state index in [-0.39, 0.29) is 5.91 Å². The minimum Gasteiger partial charge on any atom is -0.480 e. The second kappa shape index (κ2) is 6.61. The topological polar surface area (TPSA) is 57.6 Å². The number of carbonyl (C=O) groups excluding carboxylic acids is 1. The lowest BCUT2D eigenvalue weighted by atomic mass is 10.0. The van der Waals surface area contributed by atoms with E-state index in [1.54, 1.807) is 0 Å². The molecule has 5 heteroatoms. The third kappa shape index (κ3) is 3.73. The highest BCUT2D eigenvalue weighted by Gasteiger charge is 2.31. The first-order valence-corrected chi connectivity index (χ1v) is 7.37. The van der Waals surface area contributed by atoms with Crippen molar-refractivity contribution in [2.45, 2.75) is 30.2 Å². The Hall–Kier alpha value is -1.49. The molecule has 0 spiro atoms. The summed E-state index contributed by atoms with van der Waals surface area (Å²) in [6.07, 6.45) is 2.34. The van der Waals surface area contributed by atoms with E-state index >= 15 is 0 Å². The molecular weight excluding hydrogens is 262 g/mol. The van der Waals surface area contributed by atoms with E-state index in [9.17, 15) is 9.59 Å². The number of carboxylic acid groups (broad SMARTS) is 1. The summed E-state index contributed by atoms with van der Waals surface area (Å²) < 4.78 is 0. The van der Waals surface area contributed by atoms with Crippen molar-refractivity contribution in [3.8, 4) is 0 Å². The van der Waals surface area contributed by atoms with Crippen molar-refractivity contribution in [3.05, 3.63) is 30.3 Å². The van der Waals surface area contributed by atoms with Gasteiger partial charge in [-0.15, -0.1) is 11.8 Å². The van der Waals surface area contributed by atoms with E-state index in [1.807, 2.05) is 30.3 Å². The maximum atomic E-state index is 12.1. The quantitative estimate of drug-likeness (QED) is 0.859. The van der Waals surface area contributed by atoms with Crippen molar-refractivity contribution in [1.29, 1.82) is 0 Å². The molecule has 1 aliphatic rings. The Bertz CT molecular complexity index is 449. The first kappa shape index (κ1) is 13.9. The summed E-state index contributed by atoms with van der Waals surface area (Å²) in [5.41, 5.74) is 0. The van der Waals surface area contributed by atoms with Gasteiger partial charge in [-0.25, -0.2) is 4.79 Å². The fraction of sp³-hybridized carbons (Fsp3) is 0.429. The summed E-state index contributed by atoms with van der Waals surface area (Å²) in [7, 11) is 0. The molecule has 0 bridgehead atoms. The zero-order valence-electron chi connectivity index (χ0n) is 10.6. The molecule has 0 aliphatic carbocycles. The van der Waals surface area contributed by atoms with Crippen molar-refractivity contribution in [2.75, 3.05) is 12.3 Å². The minimum atomic E-state index is -0.891. The van der Waals surface area contributed by atoms with Gasteiger partial charge in [-0.1, -0.05) is 18.2 Å². The molecule has 1 atom stereocenters. The van der Waals surface area contributed by atoms with E-state index in [0.29, 0.717) is 18.7 Å². The van der Waals surface area contributed by atoms with Crippen molar-refractivity contribution in [1.82, 2.24) is 4.90 Å². The highest BCUT2D eigenvalue weighted by molar-refractivity contribution is 8.00. The van der Waals surface area contributed by atoms with Gasteiger partial charge in [-0.2, -0.15) is 0 Å². The monoisotopic (exact) mass is 279 g/mol. The fourth-order valence-corrected chi connectivity index (χ4v) is 3.04. The summed E-state index contributed by atoms with van der Waals surface area (Å²) in [6, 6.07) is 9.03. The maximum absolute atomic E-state index is 12.1. The summed E-state index contributed by atoms with van der Waals surface area (Å²) in [5.74, 6) is -0.674. The van der Waals surface area contributed by atoms with Gasteiger partial charge in [0.05, 0.1) is 5.75 Å². The molecule has 1 aliphatic heterocycles. The molecular formula is C14H17NO3S. The van der Waals surface area contributed by atoms with Crippen molar-refractivity contribution >= 4 is 23.6 Å². The van der Waals surface area contributed by atoms with Gasteiger partial charge in [0.25, 0.3) is 0 Å². The van der Waals surface area contributed by atoms with Crippen molar-refractivity contribution in [3.63, 3.8) is 0 Å². The van der Waals surface area contributed by atoms with Crippen LogP contribution in [0.4, 0.5) is 0 Å². The number of aliphatic carboxylic acids is 1. The molecule has 19 heavy (non-hydrogen) atoms. The molecule has 1 heterocycles. The number of hydrogen-bond acceptors (Lipinski definition) is 3. The van der Waals surface area contributed by atoms with Crippen LogP contribution < -0.4 is 0 Å². The van der Waals surface area contributed by atoms with Crippen LogP contribution in [-0.4, -0.2) is 40.2 Å². The van der Waals surface area contributed by atoms with Gasteiger partial charge >= 0.3 is 5.97 Å². The van der Waals surface area contributed by atoms with Gasteiger partial charge in [-0.3, -0.25) is 4.79 Å². The van der Waals surface area contributed by atoms with Crippen molar-refractivity contribution < 1.29 is 14.7 Å². The maximum Gasteiger partial charge on any atom is 0.326 e. The molecule has 4 nitrogen and oxygen atoms in total. The Morgan fingerprint density at radius 3 is 2.68 bits per heavy atom. The van der Waals surface area contributed by atoms with E-state index in [1.165, 1.54) is 16.7 Å². The molecule has 102 valence electrons. The molecule has 0 aromatic heterocycles. The predicted molar refractivity (Wildman–Crippen MR) is 74.2 cm³/mol. The number of nitrogens with zero attached hydrogens (tertiary/aromatic N) is 1. The highest BCUT2D eigenvalue weighted by Crippen LogP contribution is 2.21. The zero-order valence-corrected chi connectivity index (χ0v) is 11.4. The number of rotatable bonds is 4. The Balaban J connectivity index is 1.93. The lowest BCUT2D eigenvalue weighted by molar-refractivity contribution is -0.150. The molecule has 2 rings (SSSR count). The van der Waals surface area contributed by atoms with Crippen LogP contribution in [0.15, 0.2) is 35.2 Å². The summed E-state index contributed by atoms with van der Waals surface area (Å²) in [4.78, 5) is 25.8.